The summed E-state index contributed by atoms with van der Waals surface area (Å²) in [4.78, 5) is 11.3. The van der Waals surface area contributed by atoms with E-state index in [0.29, 0.717) is 19.6 Å². The molecule has 5 nitrogen and oxygen atoms in total. The third-order valence-electron chi connectivity index (χ3n) is 2.89. The van der Waals surface area contributed by atoms with Gasteiger partial charge in [-0.2, -0.15) is 0 Å². The largest absolute Gasteiger partial charge is 0.508 e. The maximum Gasteiger partial charge on any atom is 0.508 e. The monoisotopic (exact) mass is 242 g/mol. The van der Waals surface area contributed by atoms with Crippen LogP contribution < -0.4 is 0 Å². The van der Waals surface area contributed by atoms with Crippen molar-refractivity contribution in [2.45, 2.75) is 44.7 Å². The number of carbonyl (C=O) groups excluding carboxylic acids is 1. The lowest BCUT2D eigenvalue weighted by Gasteiger charge is -2.29. The zero-order chi connectivity index (χ0) is 12.5. The van der Waals surface area contributed by atoms with Crippen LogP contribution in [-0.2, 0) is 18.9 Å². The summed E-state index contributed by atoms with van der Waals surface area (Å²) in [6.07, 6.45) is 3.33. The van der Waals surface area contributed by atoms with Crippen LogP contribution in [0.3, 0.4) is 0 Å². The molecule has 0 amide bonds. The quantitative estimate of drug-likeness (QED) is 0.547. The summed E-state index contributed by atoms with van der Waals surface area (Å²) in [6.45, 7) is 6.14. The first-order valence-electron chi connectivity index (χ1n) is 5.82. The predicted molar refractivity (Wildman–Crippen MR) is 59.5 cm³/mol. The van der Waals surface area contributed by atoms with Crippen LogP contribution >= 0.6 is 0 Å². The molecular weight excluding hydrogens is 224 g/mol. The summed E-state index contributed by atoms with van der Waals surface area (Å²) in [7, 11) is 0. The first-order chi connectivity index (χ1) is 7.97. The van der Waals surface area contributed by atoms with Crippen molar-refractivity contribution in [2.75, 3.05) is 13.2 Å². The smallest absolute Gasteiger partial charge is 0.435 e. The van der Waals surface area contributed by atoms with E-state index in [1.807, 2.05) is 26.0 Å². The predicted octanol–water partition coefficient (Wildman–Crippen LogP) is 2.01. The number of hydrogen-bond donors (Lipinski definition) is 0. The SMILES string of the molecule is CCOC(=O)O[C@@H]1C=CC[C@]12COC(C)(C)O2. The molecule has 1 spiro atoms. The van der Waals surface area contributed by atoms with Crippen LogP contribution in [0.5, 0.6) is 0 Å². The van der Waals surface area contributed by atoms with Gasteiger partial charge in [-0.1, -0.05) is 6.08 Å². The van der Waals surface area contributed by atoms with Crippen molar-refractivity contribution in [2.24, 2.45) is 0 Å². The number of carbonyl (C=O) groups is 1. The molecule has 1 heterocycles. The molecule has 1 saturated heterocycles. The summed E-state index contributed by atoms with van der Waals surface area (Å²) >= 11 is 0. The van der Waals surface area contributed by atoms with Crippen LogP contribution in [-0.4, -0.2) is 36.9 Å². The van der Waals surface area contributed by atoms with Crippen LogP contribution in [0.4, 0.5) is 4.79 Å². The molecule has 2 rings (SSSR count). The highest BCUT2D eigenvalue weighted by atomic mass is 16.8. The molecule has 0 radical (unpaired) electrons. The minimum atomic E-state index is -0.670. The number of ether oxygens (including phenoxy) is 4. The molecule has 96 valence electrons. The van der Waals surface area contributed by atoms with Crippen molar-refractivity contribution in [3.05, 3.63) is 12.2 Å². The van der Waals surface area contributed by atoms with Gasteiger partial charge in [0.05, 0.1) is 13.2 Å². The fraction of sp³-hybridized carbons (Fsp3) is 0.750. The zero-order valence-electron chi connectivity index (χ0n) is 10.4. The van der Waals surface area contributed by atoms with Crippen molar-refractivity contribution in [3.63, 3.8) is 0 Å². The van der Waals surface area contributed by atoms with Gasteiger partial charge >= 0.3 is 6.16 Å². The average molecular weight is 242 g/mol. The molecule has 2 aliphatic rings. The minimum Gasteiger partial charge on any atom is -0.435 e. The van der Waals surface area contributed by atoms with Gasteiger partial charge in [0.2, 0.25) is 0 Å². The van der Waals surface area contributed by atoms with Crippen molar-refractivity contribution in [3.8, 4) is 0 Å². The van der Waals surface area contributed by atoms with Gasteiger partial charge in [0.1, 0.15) is 5.60 Å². The van der Waals surface area contributed by atoms with E-state index >= 15 is 0 Å². The van der Waals surface area contributed by atoms with E-state index < -0.39 is 23.6 Å². The van der Waals surface area contributed by atoms with E-state index in [1.54, 1.807) is 6.92 Å². The fourth-order valence-corrected chi connectivity index (χ4v) is 2.17. The second-order valence-corrected chi connectivity index (χ2v) is 4.71. The molecule has 0 aromatic carbocycles. The minimum absolute atomic E-state index is 0.297. The third kappa shape index (κ3) is 2.45. The second kappa shape index (κ2) is 4.31. The summed E-state index contributed by atoms with van der Waals surface area (Å²) in [5.74, 6) is -0.637. The van der Waals surface area contributed by atoms with Gasteiger partial charge in [0.25, 0.3) is 0 Å². The topological polar surface area (TPSA) is 54.0 Å². The lowest BCUT2D eigenvalue weighted by molar-refractivity contribution is -0.176. The number of hydrogen-bond acceptors (Lipinski definition) is 5. The van der Waals surface area contributed by atoms with Gasteiger partial charge in [0.15, 0.2) is 11.9 Å². The molecule has 2 atom stereocenters. The fourth-order valence-electron chi connectivity index (χ4n) is 2.17. The molecule has 0 bridgehead atoms. The van der Waals surface area contributed by atoms with Crippen molar-refractivity contribution in [1.82, 2.24) is 0 Å². The van der Waals surface area contributed by atoms with Crippen molar-refractivity contribution >= 4 is 6.16 Å². The third-order valence-corrected chi connectivity index (χ3v) is 2.89. The first kappa shape index (κ1) is 12.4. The van der Waals surface area contributed by atoms with Crippen LogP contribution in [0, 0.1) is 0 Å². The molecule has 0 unspecified atom stereocenters. The Labute approximate surface area is 101 Å². The van der Waals surface area contributed by atoms with Crippen LogP contribution in [0.2, 0.25) is 0 Å². The van der Waals surface area contributed by atoms with E-state index in [4.69, 9.17) is 18.9 Å². The molecule has 5 heteroatoms. The molecule has 1 aliphatic carbocycles. The normalized spacial score (nSPS) is 34.2. The highest BCUT2D eigenvalue weighted by molar-refractivity contribution is 5.60. The van der Waals surface area contributed by atoms with E-state index in [1.165, 1.54) is 0 Å². The first-order valence-corrected chi connectivity index (χ1v) is 5.82. The summed E-state index contributed by atoms with van der Waals surface area (Å²) in [5, 5.41) is 0. The molecule has 0 aromatic rings. The van der Waals surface area contributed by atoms with E-state index in [9.17, 15) is 4.79 Å². The lowest BCUT2D eigenvalue weighted by atomic mass is 10.0. The molecule has 0 aromatic heterocycles. The Morgan fingerprint density at radius 2 is 2.29 bits per heavy atom. The van der Waals surface area contributed by atoms with Gasteiger partial charge in [-0.15, -0.1) is 0 Å². The average Bonchev–Trinajstić information content (AvgIpc) is 2.73. The maximum atomic E-state index is 11.3. The molecular formula is C12H18O5. The molecule has 17 heavy (non-hydrogen) atoms. The Balaban J connectivity index is 2.02. The standard InChI is InChI=1S/C12H18O5/c1-4-14-10(13)16-9-6-5-7-12(9)8-15-11(2,3)17-12/h5-6,9H,4,7-8H2,1-3H3/t9-,12+/m1/s1. The second-order valence-electron chi connectivity index (χ2n) is 4.71. The van der Waals surface area contributed by atoms with Crippen LogP contribution in [0.25, 0.3) is 0 Å². The highest BCUT2D eigenvalue weighted by Crippen LogP contribution is 2.41. The van der Waals surface area contributed by atoms with Gasteiger partial charge in [-0.05, 0) is 26.8 Å². The van der Waals surface area contributed by atoms with Gasteiger partial charge in [-0.25, -0.2) is 4.79 Å². The van der Waals surface area contributed by atoms with Gasteiger partial charge in [0, 0.05) is 6.42 Å². The molecule has 1 aliphatic heterocycles. The lowest BCUT2D eigenvalue weighted by Crippen LogP contribution is -2.44. The van der Waals surface area contributed by atoms with Crippen molar-refractivity contribution in [1.29, 1.82) is 0 Å². The zero-order valence-corrected chi connectivity index (χ0v) is 10.4. The van der Waals surface area contributed by atoms with E-state index in [0.717, 1.165) is 0 Å². The maximum absolute atomic E-state index is 11.3. The Morgan fingerprint density at radius 1 is 1.53 bits per heavy atom. The Morgan fingerprint density at radius 3 is 2.88 bits per heavy atom. The van der Waals surface area contributed by atoms with Crippen LogP contribution in [0.1, 0.15) is 27.2 Å². The van der Waals surface area contributed by atoms with Crippen LogP contribution in [0.15, 0.2) is 12.2 Å². The summed E-state index contributed by atoms with van der Waals surface area (Å²) < 4.78 is 21.4. The van der Waals surface area contributed by atoms with E-state index in [-0.39, 0.29) is 0 Å². The van der Waals surface area contributed by atoms with Crippen molar-refractivity contribution < 1.29 is 23.7 Å². The molecule has 1 fully saturated rings. The Kier molecular flexibility index (Phi) is 3.14. The van der Waals surface area contributed by atoms with E-state index in [2.05, 4.69) is 0 Å². The van der Waals surface area contributed by atoms with Gasteiger partial charge < -0.3 is 18.9 Å². The number of rotatable bonds is 2. The summed E-state index contributed by atoms with van der Waals surface area (Å²) in [5.41, 5.74) is -0.587. The Bertz CT molecular complexity index is 336. The molecule has 0 N–H and O–H groups in total. The van der Waals surface area contributed by atoms with Gasteiger partial charge in [-0.3, -0.25) is 0 Å². The Hall–Kier alpha value is -1.07. The molecule has 0 saturated carbocycles. The summed E-state index contributed by atoms with van der Waals surface area (Å²) in [6, 6.07) is 0. The highest BCUT2D eigenvalue weighted by Gasteiger charge is 2.53.